The summed E-state index contributed by atoms with van der Waals surface area (Å²) >= 11 is 0. The van der Waals surface area contributed by atoms with E-state index in [2.05, 4.69) is 0 Å². The summed E-state index contributed by atoms with van der Waals surface area (Å²) in [6, 6.07) is 6.09. The normalized spacial score (nSPS) is 13.6. The van der Waals surface area contributed by atoms with Crippen molar-refractivity contribution in [3.05, 3.63) is 39.9 Å². The lowest BCUT2D eigenvalue weighted by atomic mass is 10.1. The molecule has 0 aliphatic carbocycles. The number of hydrogen-bond donors (Lipinski definition) is 0. The van der Waals surface area contributed by atoms with Crippen LogP contribution in [0.25, 0.3) is 0 Å². The van der Waals surface area contributed by atoms with E-state index in [1.54, 1.807) is 0 Å². The molecule has 20 heavy (non-hydrogen) atoms. The Hall–Kier alpha value is -1.91. The van der Waals surface area contributed by atoms with Gasteiger partial charge in [0.15, 0.2) is 0 Å². The van der Waals surface area contributed by atoms with Crippen molar-refractivity contribution in [3.8, 4) is 0 Å². The van der Waals surface area contributed by atoms with E-state index in [-0.39, 0.29) is 23.7 Å². The molecule has 0 aliphatic rings. The molecule has 0 N–H and O–H groups in total. The van der Waals surface area contributed by atoms with Gasteiger partial charge >= 0.3 is 0 Å². The third kappa shape index (κ3) is 3.56. The monoisotopic (exact) mass is 278 g/mol. The molecule has 5 heteroatoms. The first-order chi connectivity index (χ1) is 9.42. The highest BCUT2D eigenvalue weighted by Gasteiger charge is 2.24. The number of nitro benzene ring substituents is 1. The molecule has 0 aromatic heterocycles. The standard InChI is InChI=1S/C15H22N2O3/c1-5-11(3)16(12(4)6-2)15(18)13-7-9-14(10-8-13)17(19)20/h7-12H,5-6H2,1-4H3/t11-,12-/m0/s1. The molecule has 1 aromatic rings. The second-order valence-corrected chi connectivity index (χ2v) is 5.03. The average Bonchev–Trinajstić information content (AvgIpc) is 2.46. The van der Waals surface area contributed by atoms with Crippen LogP contribution in [-0.2, 0) is 0 Å². The molecule has 5 nitrogen and oxygen atoms in total. The molecule has 0 bridgehead atoms. The van der Waals surface area contributed by atoms with Gasteiger partial charge < -0.3 is 4.90 Å². The Labute approximate surface area is 119 Å². The highest BCUT2D eigenvalue weighted by atomic mass is 16.6. The molecule has 0 heterocycles. The summed E-state index contributed by atoms with van der Waals surface area (Å²) in [6.07, 6.45) is 1.76. The third-order valence-corrected chi connectivity index (χ3v) is 3.69. The van der Waals surface area contributed by atoms with E-state index in [4.69, 9.17) is 0 Å². The second-order valence-electron chi connectivity index (χ2n) is 5.03. The number of non-ortho nitro benzene ring substituents is 1. The maximum atomic E-state index is 12.6. The van der Waals surface area contributed by atoms with Gasteiger partial charge in [-0.15, -0.1) is 0 Å². The summed E-state index contributed by atoms with van der Waals surface area (Å²) in [4.78, 5) is 24.6. The summed E-state index contributed by atoms with van der Waals surface area (Å²) < 4.78 is 0. The zero-order chi connectivity index (χ0) is 15.3. The van der Waals surface area contributed by atoms with E-state index in [1.165, 1.54) is 24.3 Å². The van der Waals surface area contributed by atoms with Crippen LogP contribution in [0.2, 0.25) is 0 Å². The lowest BCUT2D eigenvalue weighted by molar-refractivity contribution is -0.384. The molecule has 1 aromatic carbocycles. The fourth-order valence-corrected chi connectivity index (χ4v) is 2.10. The molecule has 0 spiro atoms. The van der Waals surface area contributed by atoms with Crippen molar-refractivity contribution >= 4 is 11.6 Å². The van der Waals surface area contributed by atoms with Crippen molar-refractivity contribution < 1.29 is 9.72 Å². The van der Waals surface area contributed by atoms with E-state index in [0.717, 1.165) is 12.8 Å². The summed E-state index contributed by atoms with van der Waals surface area (Å²) in [5, 5.41) is 10.6. The Bertz CT molecular complexity index is 461. The summed E-state index contributed by atoms with van der Waals surface area (Å²) in [6.45, 7) is 8.14. The van der Waals surface area contributed by atoms with Crippen LogP contribution in [0.1, 0.15) is 50.9 Å². The van der Waals surface area contributed by atoms with Crippen molar-refractivity contribution in [2.75, 3.05) is 0 Å². The summed E-state index contributed by atoms with van der Waals surface area (Å²) in [5.41, 5.74) is 0.497. The SMILES string of the molecule is CC[C@H](C)N(C(=O)c1ccc([N+](=O)[O-])cc1)[C@@H](C)CC. The number of hydrogen-bond acceptors (Lipinski definition) is 3. The van der Waals surface area contributed by atoms with Gasteiger partial charge in [-0.2, -0.15) is 0 Å². The van der Waals surface area contributed by atoms with Gasteiger partial charge in [0, 0.05) is 29.8 Å². The van der Waals surface area contributed by atoms with Gasteiger partial charge in [-0.3, -0.25) is 14.9 Å². The Morgan fingerprint density at radius 3 is 1.95 bits per heavy atom. The molecule has 1 rings (SSSR count). The van der Waals surface area contributed by atoms with Crippen molar-refractivity contribution in [1.29, 1.82) is 0 Å². The van der Waals surface area contributed by atoms with Crippen LogP contribution in [0.15, 0.2) is 24.3 Å². The van der Waals surface area contributed by atoms with Crippen LogP contribution in [0.5, 0.6) is 0 Å². The number of rotatable bonds is 6. The molecule has 1 amide bonds. The van der Waals surface area contributed by atoms with E-state index >= 15 is 0 Å². The number of nitro groups is 1. The Kier molecular flexibility index (Phi) is 5.67. The average molecular weight is 278 g/mol. The van der Waals surface area contributed by atoms with Gasteiger partial charge in [0.05, 0.1) is 4.92 Å². The first-order valence-corrected chi connectivity index (χ1v) is 6.99. The summed E-state index contributed by atoms with van der Waals surface area (Å²) in [7, 11) is 0. The van der Waals surface area contributed by atoms with Crippen LogP contribution in [0.3, 0.4) is 0 Å². The van der Waals surface area contributed by atoms with Gasteiger partial charge in [0.2, 0.25) is 0 Å². The van der Waals surface area contributed by atoms with Gasteiger partial charge in [-0.1, -0.05) is 13.8 Å². The number of benzene rings is 1. The van der Waals surface area contributed by atoms with E-state index in [1.807, 2.05) is 32.6 Å². The molecule has 0 unspecified atom stereocenters. The molecular formula is C15H22N2O3. The van der Waals surface area contributed by atoms with E-state index in [0.29, 0.717) is 5.56 Å². The predicted molar refractivity (Wildman–Crippen MR) is 78.8 cm³/mol. The molecule has 0 aliphatic heterocycles. The quantitative estimate of drug-likeness (QED) is 0.589. The van der Waals surface area contributed by atoms with E-state index < -0.39 is 4.92 Å². The highest BCUT2D eigenvalue weighted by molar-refractivity contribution is 5.94. The molecule has 0 saturated heterocycles. The first kappa shape index (κ1) is 16.1. The number of amides is 1. The zero-order valence-corrected chi connectivity index (χ0v) is 12.5. The van der Waals surface area contributed by atoms with Crippen molar-refractivity contribution in [2.24, 2.45) is 0 Å². The molecule has 2 atom stereocenters. The minimum absolute atomic E-state index is 0.000167. The first-order valence-electron chi connectivity index (χ1n) is 6.99. The molecular weight excluding hydrogens is 256 g/mol. The smallest absolute Gasteiger partial charge is 0.269 e. The number of carbonyl (C=O) groups excluding carboxylic acids is 1. The summed E-state index contributed by atoms with van der Waals surface area (Å²) in [5.74, 6) is -0.0661. The lowest BCUT2D eigenvalue weighted by Gasteiger charge is -2.34. The predicted octanol–water partition coefficient (Wildman–Crippen LogP) is 3.63. The Morgan fingerprint density at radius 1 is 1.15 bits per heavy atom. The number of nitrogens with zero attached hydrogens (tertiary/aromatic N) is 2. The Morgan fingerprint density at radius 2 is 1.60 bits per heavy atom. The fraction of sp³-hybridized carbons (Fsp3) is 0.533. The van der Waals surface area contributed by atoms with Crippen LogP contribution in [0.4, 0.5) is 5.69 Å². The fourth-order valence-electron chi connectivity index (χ4n) is 2.10. The largest absolute Gasteiger partial charge is 0.333 e. The molecule has 0 saturated carbocycles. The van der Waals surface area contributed by atoms with Gasteiger partial charge in [-0.25, -0.2) is 0 Å². The van der Waals surface area contributed by atoms with Crippen LogP contribution in [-0.4, -0.2) is 27.8 Å². The van der Waals surface area contributed by atoms with Crippen molar-refractivity contribution in [1.82, 2.24) is 4.90 Å². The molecule has 0 fully saturated rings. The van der Waals surface area contributed by atoms with Gasteiger partial charge in [0.1, 0.15) is 0 Å². The minimum Gasteiger partial charge on any atom is -0.333 e. The van der Waals surface area contributed by atoms with Gasteiger partial charge in [0.25, 0.3) is 11.6 Å². The molecule has 0 radical (unpaired) electrons. The maximum absolute atomic E-state index is 12.6. The van der Waals surface area contributed by atoms with Crippen LogP contribution in [0, 0.1) is 10.1 Å². The Balaban J connectivity index is 3.02. The maximum Gasteiger partial charge on any atom is 0.269 e. The topological polar surface area (TPSA) is 63.5 Å². The minimum atomic E-state index is -0.463. The molecule has 110 valence electrons. The van der Waals surface area contributed by atoms with Gasteiger partial charge in [-0.05, 0) is 38.8 Å². The number of carbonyl (C=O) groups is 1. The second kappa shape index (κ2) is 7.03. The van der Waals surface area contributed by atoms with E-state index in [9.17, 15) is 14.9 Å². The highest BCUT2D eigenvalue weighted by Crippen LogP contribution is 2.18. The van der Waals surface area contributed by atoms with Crippen LogP contribution < -0.4 is 0 Å². The zero-order valence-electron chi connectivity index (χ0n) is 12.5. The third-order valence-electron chi connectivity index (χ3n) is 3.69. The van der Waals surface area contributed by atoms with Crippen molar-refractivity contribution in [3.63, 3.8) is 0 Å². The van der Waals surface area contributed by atoms with Crippen LogP contribution >= 0.6 is 0 Å². The van der Waals surface area contributed by atoms with Crippen molar-refractivity contribution in [2.45, 2.75) is 52.6 Å². The lowest BCUT2D eigenvalue weighted by Crippen LogP contribution is -2.44.